The van der Waals surface area contributed by atoms with Gasteiger partial charge in [-0.05, 0) is 38.5 Å². The number of allylic oxidation sites excluding steroid dienone is 2. The van der Waals surface area contributed by atoms with E-state index in [0.29, 0.717) is 6.42 Å². The first kappa shape index (κ1) is 83.8. The van der Waals surface area contributed by atoms with Crippen molar-refractivity contribution in [3.05, 3.63) is 12.2 Å². The molecule has 0 aliphatic rings. The molecule has 506 valence electrons. The molecule has 0 fully saturated rings. The first-order valence-corrected chi connectivity index (χ1v) is 39.7. The number of esters is 2. The molecule has 0 rings (SSSR count). The molecule has 0 aromatic carbocycles. The molecule has 0 aliphatic carbocycles. The number of nitrogens with two attached hydrogens (primary N) is 1. The first-order chi connectivity index (χ1) is 41.8. The molecule has 10 heteroatoms. The van der Waals surface area contributed by atoms with Crippen LogP contribution in [0.1, 0.15) is 425 Å². The Balaban J connectivity index is 3.73. The highest BCUT2D eigenvalue weighted by Gasteiger charge is 2.26. The van der Waals surface area contributed by atoms with Crippen molar-refractivity contribution < 1.29 is 37.6 Å². The van der Waals surface area contributed by atoms with Crippen molar-refractivity contribution in [2.45, 2.75) is 431 Å². The molecule has 0 radical (unpaired) electrons. The predicted molar refractivity (Wildman–Crippen MR) is 368 cm³/mol. The Morgan fingerprint density at radius 2 is 0.576 bits per heavy atom. The average Bonchev–Trinajstić information content (AvgIpc) is 3.53. The maximum Gasteiger partial charge on any atom is 0.472 e. The van der Waals surface area contributed by atoms with Crippen molar-refractivity contribution in [3.8, 4) is 0 Å². The minimum Gasteiger partial charge on any atom is -0.462 e. The lowest BCUT2D eigenvalue weighted by atomic mass is 10.0. The van der Waals surface area contributed by atoms with Crippen LogP contribution in [0.5, 0.6) is 0 Å². The molecule has 0 amide bonds. The smallest absolute Gasteiger partial charge is 0.462 e. The lowest BCUT2D eigenvalue weighted by Crippen LogP contribution is -2.29. The van der Waals surface area contributed by atoms with E-state index in [1.807, 2.05) is 0 Å². The van der Waals surface area contributed by atoms with Gasteiger partial charge >= 0.3 is 19.8 Å². The van der Waals surface area contributed by atoms with E-state index in [1.165, 1.54) is 360 Å². The summed E-state index contributed by atoms with van der Waals surface area (Å²) in [5.74, 6) is -0.797. The number of phosphoric ester groups is 1. The Morgan fingerprint density at radius 3 is 0.835 bits per heavy atom. The number of hydrogen-bond donors (Lipinski definition) is 2. The van der Waals surface area contributed by atoms with Crippen LogP contribution in [0.4, 0.5) is 0 Å². The van der Waals surface area contributed by atoms with Gasteiger partial charge in [0.25, 0.3) is 0 Å². The van der Waals surface area contributed by atoms with Gasteiger partial charge in [-0.25, -0.2) is 4.57 Å². The SMILES string of the molecule is CCCCCCCCCC/C=C\CCCCCCCCCCCCCCCCCCCCCCCCCCCCCC(=O)OC(COC(=O)CCCCCCCCCCCCCCCCCCCCCCCCCCC)COP(=O)(O)OCCN. The molecule has 2 atom stereocenters. The van der Waals surface area contributed by atoms with E-state index < -0.39 is 26.5 Å². The Labute approximate surface area is 530 Å². The van der Waals surface area contributed by atoms with Gasteiger partial charge < -0.3 is 20.1 Å². The maximum atomic E-state index is 12.8. The average molecular weight is 1220 g/mol. The van der Waals surface area contributed by atoms with Crippen LogP contribution in [0.2, 0.25) is 0 Å². The molecule has 9 nitrogen and oxygen atoms in total. The van der Waals surface area contributed by atoms with Crippen LogP contribution in [0.15, 0.2) is 12.2 Å². The highest BCUT2D eigenvalue weighted by Crippen LogP contribution is 2.43. The molecule has 2 unspecified atom stereocenters. The standard InChI is InChI=1S/C75H148NO8P/c1-3-5-7-9-11-13-15-17-19-21-23-25-27-29-30-31-32-33-34-35-36-37-38-39-40-41-42-44-46-48-50-52-54-56-58-60-62-64-66-68-75(78)84-73(72-83-85(79,80)82-70-69-76)71-81-74(77)67-65-63-61-59-57-55-53-51-49-47-45-43-28-26-24-22-20-18-16-14-12-10-8-6-4-2/h21,23,73H,3-20,22,24-72,76H2,1-2H3,(H,79,80)/b23-21-. The number of phosphoric acid groups is 1. The summed E-state index contributed by atoms with van der Waals surface area (Å²) in [4.78, 5) is 35.4. The van der Waals surface area contributed by atoms with Gasteiger partial charge in [-0.15, -0.1) is 0 Å². The van der Waals surface area contributed by atoms with Crippen LogP contribution in [0, 0.1) is 0 Å². The molecule has 0 bridgehead atoms. The van der Waals surface area contributed by atoms with E-state index in [-0.39, 0.29) is 38.6 Å². The molecule has 85 heavy (non-hydrogen) atoms. The van der Waals surface area contributed by atoms with Crippen molar-refractivity contribution in [1.29, 1.82) is 0 Å². The second kappa shape index (κ2) is 71.8. The molecule has 0 aromatic rings. The Morgan fingerprint density at radius 1 is 0.341 bits per heavy atom. The zero-order valence-corrected chi connectivity index (χ0v) is 58.0. The fourth-order valence-corrected chi connectivity index (χ4v) is 12.8. The fourth-order valence-electron chi connectivity index (χ4n) is 12.0. The van der Waals surface area contributed by atoms with Gasteiger partial charge in [-0.1, -0.05) is 386 Å². The second-order valence-corrected chi connectivity index (χ2v) is 27.7. The van der Waals surface area contributed by atoms with Gasteiger partial charge in [0.2, 0.25) is 0 Å². The number of carbonyl (C=O) groups excluding carboxylic acids is 2. The van der Waals surface area contributed by atoms with Crippen molar-refractivity contribution in [3.63, 3.8) is 0 Å². The van der Waals surface area contributed by atoms with Crippen LogP contribution in [-0.2, 0) is 32.7 Å². The van der Waals surface area contributed by atoms with Gasteiger partial charge in [0, 0.05) is 19.4 Å². The molecule has 0 aliphatic heterocycles. The summed E-state index contributed by atoms with van der Waals surface area (Å²) in [6.07, 6.45) is 87.8. The lowest BCUT2D eigenvalue weighted by molar-refractivity contribution is -0.161. The summed E-state index contributed by atoms with van der Waals surface area (Å²) in [5, 5.41) is 0. The molecule has 3 N–H and O–H groups in total. The van der Waals surface area contributed by atoms with Crippen molar-refractivity contribution in [2.24, 2.45) is 5.73 Å². The number of hydrogen-bond acceptors (Lipinski definition) is 8. The molecule has 0 saturated heterocycles. The van der Waals surface area contributed by atoms with Crippen LogP contribution in [-0.4, -0.2) is 49.3 Å². The van der Waals surface area contributed by atoms with Crippen LogP contribution in [0.25, 0.3) is 0 Å². The van der Waals surface area contributed by atoms with Crippen LogP contribution < -0.4 is 5.73 Å². The van der Waals surface area contributed by atoms with Crippen LogP contribution in [0.3, 0.4) is 0 Å². The molecule has 0 heterocycles. The summed E-state index contributed by atoms with van der Waals surface area (Å²) in [6, 6.07) is 0. The van der Waals surface area contributed by atoms with Crippen LogP contribution >= 0.6 is 7.82 Å². The normalized spacial score (nSPS) is 12.8. The highest BCUT2D eigenvalue weighted by atomic mass is 31.2. The molecule has 0 saturated carbocycles. The largest absolute Gasteiger partial charge is 0.472 e. The third-order valence-electron chi connectivity index (χ3n) is 17.7. The summed E-state index contributed by atoms with van der Waals surface area (Å²) >= 11 is 0. The van der Waals surface area contributed by atoms with E-state index in [9.17, 15) is 19.0 Å². The minimum absolute atomic E-state index is 0.0583. The molecule has 0 spiro atoms. The zero-order valence-electron chi connectivity index (χ0n) is 57.1. The summed E-state index contributed by atoms with van der Waals surface area (Å²) < 4.78 is 33.2. The molecular weight excluding hydrogens is 1070 g/mol. The fraction of sp³-hybridized carbons (Fsp3) is 0.947. The van der Waals surface area contributed by atoms with E-state index >= 15 is 0 Å². The van der Waals surface area contributed by atoms with E-state index in [2.05, 4.69) is 26.0 Å². The Kier molecular flexibility index (Phi) is 70.8. The van der Waals surface area contributed by atoms with E-state index in [0.717, 1.165) is 32.1 Å². The highest BCUT2D eigenvalue weighted by molar-refractivity contribution is 7.47. The number of ether oxygens (including phenoxy) is 2. The summed E-state index contributed by atoms with van der Waals surface area (Å²) in [5.41, 5.74) is 5.41. The quantitative estimate of drug-likeness (QED) is 0.0264. The van der Waals surface area contributed by atoms with Gasteiger partial charge in [0.15, 0.2) is 6.10 Å². The third-order valence-corrected chi connectivity index (χ3v) is 18.6. The third kappa shape index (κ3) is 71.7. The van der Waals surface area contributed by atoms with E-state index in [1.54, 1.807) is 0 Å². The predicted octanol–water partition coefficient (Wildman–Crippen LogP) is 25.1. The lowest BCUT2D eigenvalue weighted by Gasteiger charge is -2.19. The first-order valence-electron chi connectivity index (χ1n) is 38.2. The maximum absolute atomic E-state index is 12.8. The van der Waals surface area contributed by atoms with Crippen molar-refractivity contribution in [2.75, 3.05) is 26.4 Å². The second-order valence-electron chi connectivity index (χ2n) is 26.2. The van der Waals surface area contributed by atoms with Crippen molar-refractivity contribution in [1.82, 2.24) is 0 Å². The minimum atomic E-state index is -4.39. The van der Waals surface area contributed by atoms with Gasteiger partial charge in [-0.3, -0.25) is 18.6 Å². The topological polar surface area (TPSA) is 134 Å². The van der Waals surface area contributed by atoms with Gasteiger partial charge in [-0.2, -0.15) is 0 Å². The molecule has 0 aromatic heterocycles. The summed E-state index contributed by atoms with van der Waals surface area (Å²) in [7, 11) is -4.39. The van der Waals surface area contributed by atoms with E-state index in [4.69, 9.17) is 24.3 Å². The van der Waals surface area contributed by atoms with Gasteiger partial charge in [0.1, 0.15) is 6.61 Å². The summed E-state index contributed by atoms with van der Waals surface area (Å²) in [6.45, 7) is 3.84. The Bertz CT molecular complexity index is 1400. The number of unbranched alkanes of at least 4 members (excludes halogenated alkanes) is 59. The zero-order chi connectivity index (χ0) is 61.6. The molecular formula is C75H148NO8P. The number of carbonyl (C=O) groups is 2. The monoisotopic (exact) mass is 1220 g/mol. The van der Waals surface area contributed by atoms with Crippen molar-refractivity contribution >= 4 is 19.8 Å². The van der Waals surface area contributed by atoms with Gasteiger partial charge in [0.05, 0.1) is 13.2 Å². The number of rotatable bonds is 74. The Hall–Kier alpha value is -1.25.